The Kier molecular flexibility index (Phi) is 9.15. The summed E-state index contributed by atoms with van der Waals surface area (Å²) in [5, 5.41) is 12.6. The van der Waals surface area contributed by atoms with Gasteiger partial charge in [0.1, 0.15) is 0 Å². The van der Waals surface area contributed by atoms with Crippen molar-refractivity contribution in [3.63, 3.8) is 0 Å². The standard InChI is InChI=1S/C16H21Cl2N5O2.ClH/c1-4-22(5-2)6-7-23-20-14(16(24)25-3)15(21-23)19-13-9-11(17)8-12(18)10-13;/h8-10H,4-7H2,1-3H3,(H,19,21);1H. The van der Waals surface area contributed by atoms with Crippen LogP contribution < -0.4 is 5.32 Å². The number of anilines is 2. The normalized spacial score (nSPS) is 10.5. The zero-order valence-corrected chi connectivity index (χ0v) is 17.2. The van der Waals surface area contributed by atoms with Crippen molar-refractivity contribution in [2.24, 2.45) is 0 Å². The minimum atomic E-state index is -0.565. The van der Waals surface area contributed by atoms with Gasteiger partial charge in [-0.2, -0.15) is 4.80 Å². The fourth-order valence-corrected chi connectivity index (χ4v) is 2.83. The van der Waals surface area contributed by atoms with Crippen molar-refractivity contribution < 1.29 is 9.53 Å². The quantitative estimate of drug-likeness (QED) is 0.651. The van der Waals surface area contributed by atoms with E-state index in [4.69, 9.17) is 27.9 Å². The number of carbonyl (C=O) groups excluding carboxylic acids is 1. The number of carbonyl (C=O) groups is 1. The second-order valence-electron chi connectivity index (χ2n) is 5.29. The molecule has 0 radical (unpaired) electrons. The first-order chi connectivity index (χ1) is 12.0. The van der Waals surface area contributed by atoms with Crippen LogP contribution in [-0.2, 0) is 11.3 Å². The van der Waals surface area contributed by atoms with Gasteiger partial charge in [-0.3, -0.25) is 0 Å². The average molecular weight is 423 g/mol. The fourth-order valence-electron chi connectivity index (χ4n) is 2.30. The summed E-state index contributed by atoms with van der Waals surface area (Å²) in [5.74, 6) is -0.269. The number of nitrogens with one attached hydrogen (secondary N) is 1. The van der Waals surface area contributed by atoms with Gasteiger partial charge in [0, 0.05) is 22.3 Å². The molecule has 0 aliphatic heterocycles. The van der Waals surface area contributed by atoms with Gasteiger partial charge in [0.2, 0.25) is 5.69 Å². The molecule has 0 amide bonds. The third-order valence-corrected chi connectivity index (χ3v) is 4.11. The minimum absolute atomic E-state index is 0. The van der Waals surface area contributed by atoms with Crippen LogP contribution in [0.2, 0.25) is 10.0 Å². The first kappa shape index (κ1) is 22.5. The summed E-state index contributed by atoms with van der Waals surface area (Å²) in [6.45, 7) is 7.40. The molecule has 0 fully saturated rings. The molecule has 0 atom stereocenters. The van der Waals surface area contributed by atoms with E-state index in [2.05, 4.69) is 34.3 Å². The Morgan fingerprint density at radius 2 is 1.81 bits per heavy atom. The Balaban J connectivity index is 0.00000338. The highest BCUT2D eigenvalue weighted by molar-refractivity contribution is 6.35. The van der Waals surface area contributed by atoms with Crippen LogP contribution in [0, 0.1) is 0 Å². The summed E-state index contributed by atoms with van der Waals surface area (Å²) in [4.78, 5) is 15.7. The summed E-state index contributed by atoms with van der Waals surface area (Å²) in [7, 11) is 1.30. The predicted molar refractivity (Wildman–Crippen MR) is 106 cm³/mol. The highest BCUT2D eigenvalue weighted by Gasteiger charge is 2.20. The molecule has 1 heterocycles. The minimum Gasteiger partial charge on any atom is -0.464 e. The van der Waals surface area contributed by atoms with E-state index in [0.717, 1.165) is 19.6 Å². The van der Waals surface area contributed by atoms with E-state index in [1.807, 2.05) is 0 Å². The van der Waals surface area contributed by atoms with Crippen molar-refractivity contribution in [2.75, 3.05) is 32.1 Å². The predicted octanol–water partition coefficient (Wildman–Crippen LogP) is 3.88. The van der Waals surface area contributed by atoms with Gasteiger partial charge in [0.25, 0.3) is 0 Å². The molecule has 0 saturated heterocycles. The maximum absolute atomic E-state index is 12.0. The summed E-state index contributed by atoms with van der Waals surface area (Å²) >= 11 is 12.0. The monoisotopic (exact) mass is 421 g/mol. The molecule has 10 heteroatoms. The number of aromatic nitrogens is 3. The van der Waals surface area contributed by atoms with E-state index in [1.165, 1.54) is 11.9 Å². The Morgan fingerprint density at radius 1 is 1.19 bits per heavy atom. The van der Waals surface area contributed by atoms with Gasteiger partial charge < -0.3 is 15.0 Å². The number of methoxy groups -OCH3 is 1. The summed E-state index contributed by atoms with van der Waals surface area (Å²) < 4.78 is 4.79. The lowest BCUT2D eigenvalue weighted by atomic mass is 10.3. The Labute approximate surface area is 169 Å². The number of hydrogen-bond acceptors (Lipinski definition) is 6. The fraction of sp³-hybridized carbons (Fsp3) is 0.438. The molecule has 2 rings (SSSR count). The van der Waals surface area contributed by atoms with Gasteiger partial charge >= 0.3 is 5.97 Å². The molecule has 7 nitrogen and oxygen atoms in total. The van der Waals surface area contributed by atoms with Gasteiger partial charge in [0.15, 0.2) is 5.82 Å². The van der Waals surface area contributed by atoms with E-state index >= 15 is 0 Å². The number of halogens is 3. The zero-order chi connectivity index (χ0) is 18.4. The first-order valence-electron chi connectivity index (χ1n) is 7.95. The SMILES string of the molecule is CCN(CC)CCn1nc(Nc2cc(Cl)cc(Cl)c2)c(C(=O)OC)n1.Cl. The molecule has 0 bridgehead atoms. The van der Waals surface area contributed by atoms with Gasteiger partial charge in [-0.25, -0.2) is 4.79 Å². The number of rotatable bonds is 8. The summed E-state index contributed by atoms with van der Waals surface area (Å²) in [6.07, 6.45) is 0. The number of esters is 1. The molecule has 0 aliphatic rings. The number of nitrogens with zero attached hydrogens (tertiary/aromatic N) is 4. The van der Waals surface area contributed by atoms with Crippen LogP contribution in [0.5, 0.6) is 0 Å². The topological polar surface area (TPSA) is 72.3 Å². The number of hydrogen-bond donors (Lipinski definition) is 1. The second kappa shape index (κ2) is 10.6. The number of likely N-dealkylation sites (N-methyl/N-ethyl adjacent to an activating group) is 1. The number of benzene rings is 1. The van der Waals surface area contributed by atoms with Crippen molar-refractivity contribution in [1.29, 1.82) is 0 Å². The molecule has 1 aromatic carbocycles. The lowest BCUT2D eigenvalue weighted by Crippen LogP contribution is -2.27. The molecule has 0 aliphatic carbocycles. The van der Waals surface area contributed by atoms with E-state index < -0.39 is 5.97 Å². The zero-order valence-electron chi connectivity index (χ0n) is 14.8. The lowest BCUT2D eigenvalue weighted by molar-refractivity contribution is 0.0594. The van der Waals surface area contributed by atoms with Gasteiger partial charge in [-0.05, 0) is 31.3 Å². The van der Waals surface area contributed by atoms with Crippen LogP contribution in [0.1, 0.15) is 24.3 Å². The van der Waals surface area contributed by atoms with E-state index in [-0.39, 0.29) is 18.1 Å². The van der Waals surface area contributed by atoms with Crippen LogP contribution in [0.3, 0.4) is 0 Å². The molecule has 144 valence electrons. The van der Waals surface area contributed by atoms with Crippen LogP contribution in [0.4, 0.5) is 11.5 Å². The smallest absolute Gasteiger partial charge is 0.362 e. The average Bonchev–Trinajstić information content (AvgIpc) is 2.97. The molecule has 0 saturated carbocycles. The summed E-state index contributed by atoms with van der Waals surface area (Å²) in [5.41, 5.74) is 0.719. The van der Waals surface area contributed by atoms with Gasteiger partial charge in [0.05, 0.1) is 13.7 Å². The van der Waals surface area contributed by atoms with E-state index in [9.17, 15) is 4.79 Å². The summed E-state index contributed by atoms with van der Waals surface area (Å²) in [6, 6.07) is 4.99. The molecule has 26 heavy (non-hydrogen) atoms. The molecule has 1 N–H and O–H groups in total. The van der Waals surface area contributed by atoms with Gasteiger partial charge in [-0.15, -0.1) is 22.6 Å². The van der Waals surface area contributed by atoms with Crippen molar-refractivity contribution in [3.05, 3.63) is 33.9 Å². The van der Waals surface area contributed by atoms with Crippen molar-refractivity contribution in [3.8, 4) is 0 Å². The van der Waals surface area contributed by atoms with Crippen LogP contribution >= 0.6 is 35.6 Å². The van der Waals surface area contributed by atoms with Crippen LogP contribution in [0.25, 0.3) is 0 Å². The first-order valence-corrected chi connectivity index (χ1v) is 8.71. The Morgan fingerprint density at radius 3 is 2.35 bits per heavy atom. The van der Waals surface area contributed by atoms with Crippen molar-refractivity contribution in [2.45, 2.75) is 20.4 Å². The Hall–Kier alpha value is -1.54. The van der Waals surface area contributed by atoms with E-state index in [1.54, 1.807) is 18.2 Å². The largest absolute Gasteiger partial charge is 0.464 e. The van der Waals surface area contributed by atoms with E-state index in [0.29, 0.717) is 28.1 Å². The third-order valence-electron chi connectivity index (χ3n) is 3.67. The third kappa shape index (κ3) is 6.02. The van der Waals surface area contributed by atoms with Crippen molar-refractivity contribution >= 4 is 53.1 Å². The van der Waals surface area contributed by atoms with Crippen LogP contribution in [-0.4, -0.2) is 52.6 Å². The maximum Gasteiger partial charge on any atom is 0.362 e. The molecule has 0 spiro atoms. The molecule has 0 unspecified atom stereocenters. The van der Waals surface area contributed by atoms with Crippen LogP contribution in [0.15, 0.2) is 18.2 Å². The molecule has 1 aromatic heterocycles. The highest BCUT2D eigenvalue weighted by atomic mass is 35.5. The number of ether oxygens (including phenoxy) is 1. The maximum atomic E-state index is 12.0. The second-order valence-corrected chi connectivity index (χ2v) is 6.17. The molecular weight excluding hydrogens is 401 g/mol. The molecule has 2 aromatic rings. The van der Waals surface area contributed by atoms with Gasteiger partial charge in [-0.1, -0.05) is 37.0 Å². The van der Waals surface area contributed by atoms with Crippen molar-refractivity contribution in [1.82, 2.24) is 19.9 Å². The Bertz CT molecular complexity index is 714. The lowest BCUT2D eigenvalue weighted by Gasteiger charge is -2.16. The molecular formula is C16H22Cl3N5O2. The highest BCUT2D eigenvalue weighted by Crippen LogP contribution is 2.25.